The van der Waals surface area contributed by atoms with Gasteiger partial charge in [-0.25, -0.2) is 9.37 Å². The highest BCUT2D eigenvalue weighted by Gasteiger charge is 2.01. The molecule has 0 aliphatic carbocycles. The molecule has 0 aliphatic heterocycles. The van der Waals surface area contributed by atoms with Crippen molar-refractivity contribution in [3.05, 3.63) is 30.3 Å². The highest BCUT2D eigenvalue weighted by atomic mass is 19.1. The molecule has 2 heterocycles. The Morgan fingerprint density at radius 2 is 2.38 bits per heavy atom. The number of nitrogens with one attached hydrogen (secondary N) is 1. The van der Waals surface area contributed by atoms with Crippen LogP contribution in [-0.4, -0.2) is 15.8 Å². The molecule has 0 aromatic carbocycles. The Labute approximate surface area is 73.0 Å². The quantitative estimate of drug-likeness (QED) is 0.700. The average molecular weight is 179 g/mol. The molecule has 0 saturated heterocycles. The Bertz CT molecular complexity index is 452. The molecule has 0 unspecified atom stereocenters. The first kappa shape index (κ1) is 7.72. The summed E-state index contributed by atoms with van der Waals surface area (Å²) in [5.41, 5.74) is 0.589. The first-order chi connectivity index (χ1) is 6.31. The summed E-state index contributed by atoms with van der Waals surface area (Å²) in [6, 6.07) is 2.85. The molecule has 0 aliphatic rings. The van der Waals surface area contributed by atoms with Gasteiger partial charge in [-0.15, -0.1) is 0 Å². The third kappa shape index (κ3) is 1.24. The minimum absolute atomic E-state index is 0.376. The van der Waals surface area contributed by atoms with Crippen LogP contribution in [0, 0.1) is 5.82 Å². The number of nitrogens with zero attached hydrogens (tertiary/aromatic N) is 2. The predicted octanol–water partition coefficient (Wildman–Crippen LogP) is 1.04. The number of hydrogen-bond donors (Lipinski definition) is 1. The van der Waals surface area contributed by atoms with E-state index in [-0.39, 0.29) is 5.82 Å². The molecule has 0 atom stereocenters. The highest BCUT2D eigenvalue weighted by molar-refractivity contribution is 5.70. The second-order valence-electron chi connectivity index (χ2n) is 2.48. The first-order valence-electron chi connectivity index (χ1n) is 3.64. The second kappa shape index (κ2) is 2.85. The van der Waals surface area contributed by atoms with E-state index >= 15 is 0 Å². The van der Waals surface area contributed by atoms with Gasteiger partial charge in [0, 0.05) is 6.20 Å². The van der Waals surface area contributed by atoms with Crippen LogP contribution in [0.25, 0.3) is 5.65 Å². The van der Waals surface area contributed by atoms with Crippen molar-refractivity contribution in [2.24, 2.45) is 0 Å². The summed E-state index contributed by atoms with van der Waals surface area (Å²) in [6.45, 7) is 0. The molecule has 0 fully saturated rings. The van der Waals surface area contributed by atoms with Gasteiger partial charge in [0.2, 0.25) is 6.41 Å². The van der Waals surface area contributed by atoms with Crippen molar-refractivity contribution < 1.29 is 9.18 Å². The number of rotatable bonds is 2. The van der Waals surface area contributed by atoms with Gasteiger partial charge in [0.05, 0.1) is 6.20 Å². The van der Waals surface area contributed by atoms with Crippen LogP contribution in [-0.2, 0) is 4.79 Å². The van der Waals surface area contributed by atoms with Crippen molar-refractivity contribution in [1.29, 1.82) is 0 Å². The zero-order valence-electron chi connectivity index (χ0n) is 6.57. The molecule has 4 nitrogen and oxygen atoms in total. The fourth-order valence-corrected chi connectivity index (χ4v) is 1.12. The van der Waals surface area contributed by atoms with Crippen LogP contribution < -0.4 is 5.32 Å². The van der Waals surface area contributed by atoms with Gasteiger partial charge in [0.25, 0.3) is 0 Å². The summed E-state index contributed by atoms with van der Waals surface area (Å²) in [4.78, 5) is 14.1. The summed E-state index contributed by atoms with van der Waals surface area (Å²) >= 11 is 0. The van der Waals surface area contributed by atoms with Crippen molar-refractivity contribution in [3.8, 4) is 0 Å². The van der Waals surface area contributed by atoms with Crippen LogP contribution in [0.3, 0.4) is 0 Å². The van der Waals surface area contributed by atoms with Crippen molar-refractivity contribution in [1.82, 2.24) is 9.38 Å². The molecule has 0 saturated carbocycles. The minimum atomic E-state index is -0.376. The highest BCUT2D eigenvalue weighted by Crippen LogP contribution is 2.11. The van der Waals surface area contributed by atoms with Gasteiger partial charge in [-0.2, -0.15) is 0 Å². The lowest BCUT2D eigenvalue weighted by Crippen LogP contribution is -1.98. The smallest absolute Gasteiger partial charge is 0.212 e. The van der Waals surface area contributed by atoms with Crippen LogP contribution in [0.1, 0.15) is 0 Å². The van der Waals surface area contributed by atoms with Crippen LogP contribution in [0.15, 0.2) is 24.5 Å². The summed E-state index contributed by atoms with van der Waals surface area (Å²) in [7, 11) is 0. The van der Waals surface area contributed by atoms with E-state index in [2.05, 4.69) is 10.3 Å². The molecule has 0 radical (unpaired) electrons. The summed E-state index contributed by atoms with van der Waals surface area (Å²) < 4.78 is 14.2. The zero-order chi connectivity index (χ0) is 9.26. The van der Waals surface area contributed by atoms with Crippen molar-refractivity contribution >= 4 is 17.9 Å². The van der Waals surface area contributed by atoms with Crippen LogP contribution in [0.5, 0.6) is 0 Å². The van der Waals surface area contributed by atoms with Gasteiger partial charge in [-0.05, 0) is 12.1 Å². The molecule has 13 heavy (non-hydrogen) atoms. The number of carbonyl (C=O) groups is 1. The van der Waals surface area contributed by atoms with E-state index in [1.54, 1.807) is 0 Å². The maximum Gasteiger partial charge on any atom is 0.212 e. The van der Waals surface area contributed by atoms with Gasteiger partial charge in [0.1, 0.15) is 17.3 Å². The molecule has 2 aromatic heterocycles. The zero-order valence-corrected chi connectivity index (χ0v) is 6.57. The fraction of sp³-hybridized carbons (Fsp3) is 0. The normalized spacial score (nSPS) is 10.2. The molecule has 2 rings (SSSR count). The van der Waals surface area contributed by atoms with Gasteiger partial charge >= 0.3 is 0 Å². The summed E-state index contributed by atoms with van der Waals surface area (Å²) in [6.07, 6.45) is 3.24. The Morgan fingerprint density at radius 3 is 3.15 bits per heavy atom. The summed E-state index contributed by atoms with van der Waals surface area (Å²) in [5, 5.41) is 2.41. The van der Waals surface area contributed by atoms with Crippen molar-refractivity contribution in [2.45, 2.75) is 0 Å². The molecule has 1 N–H and O–H groups in total. The molecular formula is C8H6FN3O. The third-order valence-corrected chi connectivity index (χ3v) is 1.68. The van der Waals surface area contributed by atoms with E-state index in [4.69, 9.17) is 0 Å². The summed E-state index contributed by atoms with van der Waals surface area (Å²) in [5.74, 6) is 0.0731. The number of hydrogen-bond acceptors (Lipinski definition) is 2. The lowest BCUT2D eigenvalue weighted by Gasteiger charge is -1.97. The molecule has 2 aromatic rings. The maximum atomic E-state index is 12.8. The molecule has 66 valence electrons. The van der Waals surface area contributed by atoms with Crippen LogP contribution in [0.4, 0.5) is 10.2 Å². The number of imidazole rings is 1. The Hall–Kier alpha value is -1.91. The van der Waals surface area contributed by atoms with Gasteiger partial charge in [-0.3, -0.25) is 9.20 Å². The van der Waals surface area contributed by atoms with E-state index in [0.29, 0.717) is 17.9 Å². The van der Waals surface area contributed by atoms with Gasteiger partial charge in [-0.1, -0.05) is 0 Å². The Balaban J connectivity index is 2.64. The van der Waals surface area contributed by atoms with Gasteiger partial charge < -0.3 is 5.32 Å². The SMILES string of the molecule is O=CNc1cnc2ccc(F)cn12. The average Bonchev–Trinajstić information content (AvgIpc) is 2.49. The largest absolute Gasteiger partial charge is 0.313 e. The topological polar surface area (TPSA) is 46.4 Å². The molecule has 5 heteroatoms. The van der Waals surface area contributed by atoms with Crippen molar-refractivity contribution in [3.63, 3.8) is 0 Å². The third-order valence-electron chi connectivity index (χ3n) is 1.68. The Kier molecular flexibility index (Phi) is 1.70. The van der Waals surface area contributed by atoms with E-state index in [1.165, 1.54) is 28.9 Å². The predicted molar refractivity (Wildman–Crippen MR) is 44.8 cm³/mol. The van der Waals surface area contributed by atoms with E-state index in [0.717, 1.165) is 0 Å². The number of anilines is 1. The van der Waals surface area contributed by atoms with E-state index in [9.17, 15) is 9.18 Å². The number of halogens is 1. The standard InChI is InChI=1S/C8H6FN3O/c9-6-1-2-7-10-3-8(11-5-13)12(7)4-6/h1-5H,(H,11,13). The first-order valence-corrected chi connectivity index (χ1v) is 3.64. The number of aromatic nitrogens is 2. The monoisotopic (exact) mass is 179 g/mol. The molecule has 0 spiro atoms. The number of pyridine rings is 1. The lowest BCUT2D eigenvalue weighted by molar-refractivity contribution is -0.105. The van der Waals surface area contributed by atoms with E-state index in [1.807, 2.05) is 0 Å². The van der Waals surface area contributed by atoms with E-state index < -0.39 is 0 Å². The van der Waals surface area contributed by atoms with Crippen LogP contribution >= 0.6 is 0 Å². The number of fused-ring (bicyclic) bond motifs is 1. The fourth-order valence-electron chi connectivity index (χ4n) is 1.12. The van der Waals surface area contributed by atoms with Crippen molar-refractivity contribution in [2.75, 3.05) is 5.32 Å². The van der Waals surface area contributed by atoms with Gasteiger partial charge in [0.15, 0.2) is 0 Å². The second-order valence-corrected chi connectivity index (χ2v) is 2.48. The maximum absolute atomic E-state index is 12.8. The number of carbonyl (C=O) groups excluding carboxylic acids is 1. The molecule has 0 bridgehead atoms. The number of amides is 1. The Morgan fingerprint density at radius 1 is 1.54 bits per heavy atom. The minimum Gasteiger partial charge on any atom is -0.313 e. The molecule has 1 amide bonds. The van der Waals surface area contributed by atoms with Crippen LogP contribution in [0.2, 0.25) is 0 Å². The lowest BCUT2D eigenvalue weighted by atomic mass is 10.4. The molecular weight excluding hydrogens is 173 g/mol.